The first-order valence-electron chi connectivity index (χ1n) is 8.35. The number of aromatic amines is 1. The smallest absolute Gasteiger partial charge is 0.231 e. The summed E-state index contributed by atoms with van der Waals surface area (Å²) < 4.78 is 10.6. The molecular weight excluding hydrogens is 328 g/mol. The number of carbonyl (C=O) groups is 1. The van der Waals surface area contributed by atoms with E-state index in [0.29, 0.717) is 17.1 Å². The number of H-pyrrole nitrogens is 1. The maximum absolute atomic E-state index is 12.4. The van der Waals surface area contributed by atoms with Crippen LogP contribution in [0.15, 0.2) is 48.5 Å². The van der Waals surface area contributed by atoms with E-state index in [2.05, 4.69) is 36.2 Å². The number of aromatic nitrogens is 2. The number of benzene rings is 2. The number of ketones is 1. The average molecular weight is 346 g/mol. The number of hydrogen-bond donors (Lipinski definition) is 1. The highest BCUT2D eigenvalue weighted by Crippen LogP contribution is 2.32. The topological polar surface area (TPSA) is 64.2 Å². The molecule has 0 unspecified atom stereocenters. The molecule has 0 spiro atoms. The predicted molar refractivity (Wildman–Crippen MR) is 99.4 cm³/mol. The number of nitrogens with zero attached hydrogens (tertiary/aromatic N) is 1. The van der Waals surface area contributed by atoms with Gasteiger partial charge in [-0.15, -0.1) is 0 Å². The Morgan fingerprint density at radius 2 is 1.88 bits per heavy atom. The van der Waals surface area contributed by atoms with Crippen LogP contribution in [0, 0.1) is 13.8 Å². The Kier molecular flexibility index (Phi) is 4.05. The third kappa shape index (κ3) is 3.11. The number of fused-ring (bicyclic) bond motifs is 1. The summed E-state index contributed by atoms with van der Waals surface area (Å²) in [6, 6.07) is 13.3. The molecule has 1 aliphatic heterocycles. The molecule has 2 aromatic carbocycles. The van der Waals surface area contributed by atoms with Gasteiger partial charge in [0.15, 0.2) is 17.3 Å². The number of ether oxygens (including phenoxy) is 2. The van der Waals surface area contributed by atoms with Gasteiger partial charge in [-0.3, -0.25) is 9.89 Å². The summed E-state index contributed by atoms with van der Waals surface area (Å²) in [6.07, 6.45) is 3.25. The van der Waals surface area contributed by atoms with Gasteiger partial charge < -0.3 is 9.47 Å². The van der Waals surface area contributed by atoms with E-state index in [1.807, 2.05) is 12.1 Å². The molecule has 4 rings (SSSR count). The van der Waals surface area contributed by atoms with Gasteiger partial charge in [-0.05, 0) is 67.5 Å². The molecule has 0 atom stereocenters. The van der Waals surface area contributed by atoms with Gasteiger partial charge in [-0.2, -0.15) is 5.10 Å². The van der Waals surface area contributed by atoms with Crippen LogP contribution >= 0.6 is 0 Å². The summed E-state index contributed by atoms with van der Waals surface area (Å²) in [6.45, 7) is 4.36. The number of hydrogen-bond acceptors (Lipinski definition) is 4. The highest BCUT2D eigenvalue weighted by Gasteiger charge is 2.15. The number of aryl methyl sites for hydroxylation is 2. The lowest BCUT2D eigenvalue weighted by atomic mass is 10.0. The highest BCUT2D eigenvalue weighted by molar-refractivity contribution is 6.07. The third-order valence-corrected chi connectivity index (χ3v) is 4.47. The van der Waals surface area contributed by atoms with Crippen molar-refractivity contribution in [1.82, 2.24) is 10.2 Å². The van der Waals surface area contributed by atoms with Crippen LogP contribution in [0.4, 0.5) is 0 Å². The van der Waals surface area contributed by atoms with Gasteiger partial charge in [0.25, 0.3) is 0 Å². The molecule has 3 aromatic rings. The number of nitrogens with one attached hydrogen (secondary N) is 1. The largest absolute Gasteiger partial charge is 0.454 e. The quantitative estimate of drug-likeness (QED) is 0.564. The Labute approximate surface area is 151 Å². The van der Waals surface area contributed by atoms with E-state index in [-0.39, 0.29) is 12.6 Å². The summed E-state index contributed by atoms with van der Waals surface area (Å²) in [5.74, 6) is 1.16. The van der Waals surface area contributed by atoms with Crippen LogP contribution in [0.5, 0.6) is 11.5 Å². The Morgan fingerprint density at radius 3 is 2.73 bits per heavy atom. The van der Waals surface area contributed by atoms with Crippen LogP contribution in [-0.2, 0) is 0 Å². The average Bonchev–Trinajstić information content (AvgIpc) is 3.30. The molecule has 0 saturated heterocycles. The molecule has 0 aliphatic carbocycles. The predicted octanol–water partition coefficient (Wildman–Crippen LogP) is 4.32. The lowest BCUT2D eigenvalue weighted by Gasteiger charge is -2.01. The first-order valence-corrected chi connectivity index (χ1v) is 8.35. The van der Waals surface area contributed by atoms with Crippen molar-refractivity contribution < 1.29 is 14.3 Å². The van der Waals surface area contributed by atoms with E-state index in [1.165, 1.54) is 17.2 Å². The first-order chi connectivity index (χ1) is 12.6. The van der Waals surface area contributed by atoms with Crippen molar-refractivity contribution >= 4 is 11.9 Å². The lowest BCUT2D eigenvalue weighted by molar-refractivity contribution is 0.104. The minimum Gasteiger partial charge on any atom is -0.454 e. The molecule has 0 saturated carbocycles. The zero-order valence-corrected chi connectivity index (χ0v) is 14.6. The molecule has 5 nitrogen and oxygen atoms in total. The Hall–Kier alpha value is -3.34. The summed E-state index contributed by atoms with van der Waals surface area (Å²) >= 11 is 0. The molecule has 0 radical (unpaired) electrons. The van der Waals surface area contributed by atoms with E-state index < -0.39 is 0 Å². The summed E-state index contributed by atoms with van der Waals surface area (Å²) in [5, 5.41) is 7.28. The van der Waals surface area contributed by atoms with Crippen molar-refractivity contribution in [3.8, 4) is 22.8 Å². The third-order valence-electron chi connectivity index (χ3n) is 4.47. The molecule has 0 bridgehead atoms. The molecule has 1 aliphatic rings. The van der Waals surface area contributed by atoms with E-state index in [4.69, 9.17) is 9.47 Å². The van der Waals surface area contributed by atoms with E-state index in [1.54, 1.807) is 24.3 Å². The molecule has 1 aromatic heterocycles. The Morgan fingerprint density at radius 1 is 1.04 bits per heavy atom. The minimum absolute atomic E-state index is 0.106. The van der Waals surface area contributed by atoms with Crippen LogP contribution in [0.25, 0.3) is 17.3 Å². The van der Waals surface area contributed by atoms with E-state index in [9.17, 15) is 4.79 Å². The number of rotatable bonds is 4. The number of carbonyl (C=O) groups excluding carboxylic acids is 1. The van der Waals surface area contributed by atoms with Crippen molar-refractivity contribution in [1.29, 1.82) is 0 Å². The Bertz CT molecular complexity index is 1020. The maximum atomic E-state index is 12.4. The summed E-state index contributed by atoms with van der Waals surface area (Å²) in [7, 11) is 0. The van der Waals surface area contributed by atoms with Crippen molar-refractivity contribution in [3.05, 3.63) is 70.9 Å². The van der Waals surface area contributed by atoms with Gasteiger partial charge in [-0.25, -0.2) is 0 Å². The molecule has 0 fully saturated rings. The molecular formula is C21H18N2O3. The molecule has 130 valence electrons. The van der Waals surface area contributed by atoms with Gasteiger partial charge in [0.1, 0.15) is 0 Å². The fraction of sp³-hybridized carbons (Fsp3) is 0.143. The van der Waals surface area contributed by atoms with Crippen molar-refractivity contribution in [3.63, 3.8) is 0 Å². The molecule has 26 heavy (non-hydrogen) atoms. The second-order valence-electron chi connectivity index (χ2n) is 6.27. The van der Waals surface area contributed by atoms with Gasteiger partial charge in [0.05, 0.1) is 11.4 Å². The second kappa shape index (κ2) is 6.52. The zero-order chi connectivity index (χ0) is 18.1. The van der Waals surface area contributed by atoms with Crippen LogP contribution in [0.3, 0.4) is 0 Å². The van der Waals surface area contributed by atoms with Crippen LogP contribution in [-0.4, -0.2) is 22.8 Å². The standard InChI is InChI=1S/C21H18N2O3/c1-13-3-4-15(9-14(13)2)18-11-17(22-23-18)6-7-19(24)16-5-8-20-21(10-16)26-12-25-20/h3-11H,12H2,1-2H3,(H,22,23)/b7-6+. The fourth-order valence-corrected chi connectivity index (χ4v) is 2.78. The molecule has 2 heterocycles. The van der Waals surface area contributed by atoms with Crippen LogP contribution < -0.4 is 9.47 Å². The molecule has 5 heteroatoms. The summed E-state index contributed by atoms with van der Waals surface area (Å²) in [5.41, 5.74) is 5.69. The van der Waals surface area contributed by atoms with Gasteiger partial charge in [-0.1, -0.05) is 12.1 Å². The number of allylic oxidation sites excluding steroid dienone is 1. The zero-order valence-electron chi connectivity index (χ0n) is 14.6. The van der Waals surface area contributed by atoms with Gasteiger partial charge in [0.2, 0.25) is 6.79 Å². The van der Waals surface area contributed by atoms with Crippen molar-refractivity contribution in [2.24, 2.45) is 0 Å². The van der Waals surface area contributed by atoms with Crippen molar-refractivity contribution in [2.45, 2.75) is 13.8 Å². The highest BCUT2D eigenvalue weighted by atomic mass is 16.7. The molecule has 0 amide bonds. The Balaban J connectivity index is 1.51. The SMILES string of the molecule is Cc1ccc(-c2cc(/C=C/C(=O)c3ccc4c(c3)OCO4)[nH]n2)cc1C. The van der Waals surface area contributed by atoms with Crippen LogP contribution in [0.1, 0.15) is 27.2 Å². The van der Waals surface area contributed by atoms with E-state index >= 15 is 0 Å². The normalized spacial score (nSPS) is 12.7. The van der Waals surface area contributed by atoms with E-state index in [0.717, 1.165) is 17.0 Å². The second-order valence-corrected chi connectivity index (χ2v) is 6.27. The molecule has 1 N–H and O–H groups in total. The van der Waals surface area contributed by atoms with Crippen molar-refractivity contribution in [2.75, 3.05) is 6.79 Å². The monoisotopic (exact) mass is 346 g/mol. The minimum atomic E-state index is -0.106. The first kappa shape index (κ1) is 16.1. The van der Waals surface area contributed by atoms with Gasteiger partial charge in [0, 0.05) is 11.1 Å². The fourth-order valence-electron chi connectivity index (χ4n) is 2.78. The lowest BCUT2D eigenvalue weighted by Crippen LogP contribution is -1.94. The van der Waals surface area contributed by atoms with Gasteiger partial charge >= 0.3 is 0 Å². The maximum Gasteiger partial charge on any atom is 0.231 e. The van der Waals surface area contributed by atoms with Crippen LogP contribution in [0.2, 0.25) is 0 Å². The summed E-state index contributed by atoms with van der Waals surface area (Å²) in [4.78, 5) is 12.4.